The first-order valence-corrected chi connectivity index (χ1v) is 18.3. The molecule has 258 valence electrons. The molecule has 5 heteroatoms. The van der Waals surface area contributed by atoms with Crippen molar-refractivity contribution >= 4 is 22.9 Å². The van der Waals surface area contributed by atoms with Gasteiger partial charge in [0.05, 0.1) is 18.0 Å². The Balaban J connectivity index is 1.53. The molecule has 0 N–H and O–H groups in total. The molecule has 0 spiro atoms. The normalized spacial score (nSPS) is 15.4. The predicted octanol–water partition coefficient (Wildman–Crippen LogP) is 12.1. The molecule has 49 heavy (non-hydrogen) atoms. The van der Waals surface area contributed by atoms with Crippen LogP contribution in [0, 0.1) is 0 Å². The lowest BCUT2D eigenvalue weighted by molar-refractivity contribution is 0.402. The van der Waals surface area contributed by atoms with E-state index < -0.39 is 0 Å². The SMILES string of the molecule is CCCCC1(CCCC)c2ccccc2N(c2cc(C(C)(C)C)ccn2)c2cc(Oc3cc(N4C=CN(C)C4)cc(C(C)(C)C)c3)ccc21. The quantitative estimate of drug-likeness (QED) is 0.170. The molecule has 0 saturated heterocycles. The Morgan fingerprint density at radius 1 is 0.714 bits per heavy atom. The van der Waals surface area contributed by atoms with Crippen LogP contribution in [0.4, 0.5) is 22.9 Å². The molecule has 0 bridgehead atoms. The molecule has 3 heterocycles. The third-order valence-electron chi connectivity index (χ3n) is 10.3. The van der Waals surface area contributed by atoms with Crippen molar-refractivity contribution in [3.63, 3.8) is 0 Å². The van der Waals surface area contributed by atoms with E-state index in [1.54, 1.807) is 0 Å². The van der Waals surface area contributed by atoms with E-state index in [0.717, 1.165) is 42.5 Å². The van der Waals surface area contributed by atoms with Gasteiger partial charge < -0.3 is 14.5 Å². The lowest BCUT2D eigenvalue weighted by atomic mass is 9.65. The minimum absolute atomic E-state index is 0.00189. The number of ether oxygens (including phenoxy) is 1. The molecule has 1 aromatic heterocycles. The van der Waals surface area contributed by atoms with Crippen LogP contribution in [-0.4, -0.2) is 23.6 Å². The summed E-state index contributed by atoms with van der Waals surface area (Å²) in [5.74, 6) is 2.63. The first-order chi connectivity index (χ1) is 23.3. The zero-order valence-corrected chi connectivity index (χ0v) is 31.3. The number of aromatic nitrogens is 1. The van der Waals surface area contributed by atoms with E-state index in [9.17, 15) is 0 Å². The fourth-order valence-electron chi connectivity index (χ4n) is 7.46. The van der Waals surface area contributed by atoms with Crippen molar-refractivity contribution in [2.24, 2.45) is 0 Å². The molecule has 2 aliphatic heterocycles. The van der Waals surface area contributed by atoms with Crippen LogP contribution in [-0.2, 0) is 16.2 Å². The molecule has 0 amide bonds. The van der Waals surface area contributed by atoms with E-state index in [1.165, 1.54) is 59.3 Å². The van der Waals surface area contributed by atoms with Gasteiger partial charge in [0.1, 0.15) is 17.3 Å². The fourth-order valence-corrected chi connectivity index (χ4v) is 7.46. The number of nitrogens with zero attached hydrogens (tertiary/aromatic N) is 4. The average molecular weight is 657 g/mol. The fraction of sp³-hybridized carbons (Fsp3) is 0.432. The van der Waals surface area contributed by atoms with Gasteiger partial charge in [0, 0.05) is 48.9 Å². The largest absolute Gasteiger partial charge is 0.457 e. The van der Waals surface area contributed by atoms with Crippen molar-refractivity contribution in [2.75, 3.05) is 23.5 Å². The average Bonchev–Trinajstić information content (AvgIpc) is 3.51. The maximum absolute atomic E-state index is 6.88. The summed E-state index contributed by atoms with van der Waals surface area (Å²) in [7, 11) is 2.10. The molecule has 0 saturated carbocycles. The summed E-state index contributed by atoms with van der Waals surface area (Å²) >= 11 is 0. The van der Waals surface area contributed by atoms with Crippen LogP contribution < -0.4 is 14.5 Å². The predicted molar refractivity (Wildman–Crippen MR) is 207 cm³/mol. The Kier molecular flexibility index (Phi) is 9.59. The van der Waals surface area contributed by atoms with E-state index in [2.05, 4.69) is 162 Å². The van der Waals surface area contributed by atoms with E-state index in [0.29, 0.717) is 0 Å². The number of benzene rings is 3. The number of para-hydroxylation sites is 1. The lowest BCUT2D eigenvalue weighted by Gasteiger charge is -2.46. The van der Waals surface area contributed by atoms with Crippen molar-refractivity contribution < 1.29 is 4.74 Å². The van der Waals surface area contributed by atoms with Crippen LogP contribution in [0.1, 0.15) is 116 Å². The summed E-state index contributed by atoms with van der Waals surface area (Å²) in [6.07, 6.45) is 13.2. The molecule has 0 unspecified atom stereocenters. The van der Waals surface area contributed by atoms with Crippen LogP contribution >= 0.6 is 0 Å². The van der Waals surface area contributed by atoms with Crippen LogP contribution in [0.25, 0.3) is 0 Å². The third-order valence-corrected chi connectivity index (χ3v) is 10.3. The number of rotatable bonds is 10. The van der Waals surface area contributed by atoms with Gasteiger partial charge in [-0.25, -0.2) is 4.98 Å². The molecule has 0 fully saturated rings. The number of hydrogen-bond acceptors (Lipinski definition) is 5. The second-order valence-electron chi connectivity index (χ2n) is 16.2. The van der Waals surface area contributed by atoms with E-state index in [4.69, 9.17) is 9.72 Å². The van der Waals surface area contributed by atoms with Gasteiger partial charge in [-0.2, -0.15) is 0 Å². The van der Waals surface area contributed by atoms with Crippen molar-refractivity contribution in [1.29, 1.82) is 0 Å². The van der Waals surface area contributed by atoms with Gasteiger partial charge in [-0.15, -0.1) is 0 Å². The smallest absolute Gasteiger partial charge is 0.137 e. The Morgan fingerprint density at radius 2 is 1.41 bits per heavy atom. The van der Waals surface area contributed by atoms with Crippen molar-refractivity contribution in [3.05, 3.63) is 114 Å². The minimum atomic E-state index is -0.0813. The van der Waals surface area contributed by atoms with Crippen LogP contribution in [0.15, 0.2) is 91.4 Å². The highest BCUT2D eigenvalue weighted by Gasteiger charge is 2.43. The Hall–Kier alpha value is -4.25. The number of pyridine rings is 1. The maximum atomic E-state index is 6.88. The lowest BCUT2D eigenvalue weighted by Crippen LogP contribution is -2.36. The van der Waals surface area contributed by atoms with Gasteiger partial charge in [0.2, 0.25) is 0 Å². The van der Waals surface area contributed by atoms with Gasteiger partial charge in [0.25, 0.3) is 0 Å². The zero-order chi connectivity index (χ0) is 35.0. The highest BCUT2D eigenvalue weighted by molar-refractivity contribution is 5.85. The van der Waals surface area contributed by atoms with Gasteiger partial charge >= 0.3 is 0 Å². The zero-order valence-electron chi connectivity index (χ0n) is 31.3. The van der Waals surface area contributed by atoms with Gasteiger partial charge in [0.15, 0.2) is 0 Å². The topological polar surface area (TPSA) is 31.8 Å². The van der Waals surface area contributed by atoms with Crippen molar-refractivity contribution in [3.8, 4) is 11.5 Å². The van der Waals surface area contributed by atoms with Gasteiger partial charge in [-0.3, -0.25) is 4.90 Å². The molecule has 0 atom stereocenters. The molecule has 2 aliphatic rings. The molecule has 5 nitrogen and oxygen atoms in total. The first kappa shape index (κ1) is 34.6. The summed E-state index contributed by atoms with van der Waals surface area (Å²) in [5.41, 5.74) is 8.72. The van der Waals surface area contributed by atoms with E-state index in [1.807, 2.05) is 6.20 Å². The van der Waals surface area contributed by atoms with Gasteiger partial charge in [-0.1, -0.05) is 105 Å². The van der Waals surface area contributed by atoms with E-state index >= 15 is 0 Å². The third kappa shape index (κ3) is 6.95. The van der Waals surface area contributed by atoms with E-state index in [-0.39, 0.29) is 16.2 Å². The van der Waals surface area contributed by atoms with Crippen LogP contribution in [0.2, 0.25) is 0 Å². The summed E-state index contributed by atoms with van der Waals surface area (Å²) in [5, 5.41) is 0. The highest BCUT2D eigenvalue weighted by atomic mass is 16.5. The molecule has 6 rings (SSSR count). The summed E-state index contributed by atoms with van der Waals surface area (Å²) < 4.78 is 6.88. The van der Waals surface area contributed by atoms with Crippen molar-refractivity contribution in [2.45, 2.75) is 110 Å². The summed E-state index contributed by atoms with van der Waals surface area (Å²) in [6.45, 7) is 19.0. The Bertz CT molecular complexity index is 1800. The molecule has 0 aliphatic carbocycles. The monoisotopic (exact) mass is 656 g/mol. The number of unbranched alkanes of at least 4 members (excludes halogenated alkanes) is 2. The summed E-state index contributed by atoms with van der Waals surface area (Å²) in [4.78, 5) is 11.9. The molecule has 0 radical (unpaired) electrons. The number of anilines is 4. The number of hydrogen-bond donors (Lipinski definition) is 0. The van der Waals surface area contributed by atoms with Crippen LogP contribution in [0.3, 0.4) is 0 Å². The number of fused-ring (bicyclic) bond motifs is 2. The summed E-state index contributed by atoms with van der Waals surface area (Å²) in [6, 6.07) is 27.0. The van der Waals surface area contributed by atoms with Crippen LogP contribution in [0.5, 0.6) is 11.5 Å². The van der Waals surface area contributed by atoms with Crippen molar-refractivity contribution in [1.82, 2.24) is 9.88 Å². The Morgan fingerprint density at radius 3 is 2.06 bits per heavy atom. The first-order valence-electron chi connectivity index (χ1n) is 18.3. The molecular weight excluding hydrogens is 601 g/mol. The minimum Gasteiger partial charge on any atom is -0.457 e. The second kappa shape index (κ2) is 13.6. The Labute approximate surface area is 295 Å². The standard InChI is InChI=1S/C44H56N4O/c1-10-12-21-44(22-13-11-2)37-16-14-15-17-39(37)48(41-28-32(20-23-45-41)42(3,4)5)40-30-35(18-19-38(40)44)49-36-27-33(43(6,7)8)26-34(29-36)47-25-24-46(9)31-47/h14-20,23-30H,10-13,21-22,31H2,1-9H3. The molecule has 4 aromatic rings. The van der Waals surface area contributed by atoms with Gasteiger partial charge in [-0.05, 0) is 82.3 Å². The molecular formula is C44H56N4O. The molecule has 3 aromatic carbocycles. The highest BCUT2D eigenvalue weighted by Crippen LogP contribution is 2.56. The maximum Gasteiger partial charge on any atom is 0.137 e. The second-order valence-corrected chi connectivity index (χ2v) is 16.2.